The Morgan fingerprint density at radius 1 is 0.971 bits per heavy atom. The van der Waals surface area contributed by atoms with Gasteiger partial charge in [-0.05, 0) is 97.7 Å². The molecule has 4 fully saturated rings. The summed E-state index contributed by atoms with van der Waals surface area (Å²) in [7, 11) is 0. The van der Waals surface area contributed by atoms with E-state index in [1.165, 1.54) is 0 Å². The molecule has 0 heterocycles. The van der Waals surface area contributed by atoms with E-state index in [0.29, 0.717) is 25.2 Å². The highest BCUT2D eigenvalue weighted by Gasteiger charge is 2.72. The van der Waals surface area contributed by atoms with Crippen LogP contribution in [0.2, 0.25) is 0 Å². The number of hydrogen-bond acceptors (Lipinski definition) is 4. The van der Waals surface area contributed by atoms with Crippen LogP contribution in [0, 0.1) is 50.7 Å². The van der Waals surface area contributed by atoms with Gasteiger partial charge in [-0.3, -0.25) is 4.79 Å². The molecule has 4 N–H and O–H groups in total. The van der Waals surface area contributed by atoms with Gasteiger partial charge in [0.2, 0.25) is 0 Å². The molecular weight excluding hydrogens is 440 g/mol. The van der Waals surface area contributed by atoms with Crippen LogP contribution in [0.5, 0.6) is 0 Å². The monoisotopic (exact) mass is 488 g/mol. The lowest BCUT2D eigenvalue weighted by molar-refractivity contribution is -0.247. The average molecular weight is 489 g/mol. The Labute approximate surface area is 211 Å². The lowest BCUT2D eigenvalue weighted by Crippen LogP contribution is -2.70. The van der Waals surface area contributed by atoms with Crippen LogP contribution in [0.4, 0.5) is 0 Å². The smallest absolute Gasteiger partial charge is 0.310 e. The minimum absolute atomic E-state index is 0.0230. The first-order valence-electron chi connectivity index (χ1n) is 14.0. The molecule has 3 unspecified atom stereocenters. The molecule has 5 heteroatoms. The van der Waals surface area contributed by atoms with Crippen LogP contribution < -0.4 is 0 Å². The number of allylic oxidation sites excluding steroid dienone is 1. The second kappa shape index (κ2) is 7.35. The minimum atomic E-state index is -1.08. The average Bonchev–Trinajstić information content (AvgIpc) is 2.74. The van der Waals surface area contributed by atoms with Gasteiger partial charge in [-0.1, -0.05) is 53.2 Å². The van der Waals surface area contributed by atoms with Crippen molar-refractivity contribution in [1.82, 2.24) is 0 Å². The van der Waals surface area contributed by atoms with Gasteiger partial charge in [0, 0.05) is 5.92 Å². The van der Waals surface area contributed by atoms with Crippen LogP contribution in [-0.2, 0) is 4.79 Å². The van der Waals surface area contributed by atoms with Crippen molar-refractivity contribution < 1.29 is 25.2 Å². The topological polar surface area (TPSA) is 98.0 Å². The van der Waals surface area contributed by atoms with Gasteiger partial charge in [0.05, 0.1) is 23.2 Å². The lowest BCUT2D eigenvalue weighted by atomic mass is 9.32. The van der Waals surface area contributed by atoms with Crippen molar-refractivity contribution in [2.45, 2.75) is 118 Å². The molecule has 198 valence electrons. The van der Waals surface area contributed by atoms with Gasteiger partial charge in [0.15, 0.2) is 0 Å². The van der Waals surface area contributed by atoms with Crippen molar-refractivity contribution in [3.8, 4) is 0 Å². The summed E-state index contributed by atoms with van der Waals surface area (Å²) >= 11 is 0. The third-order valence-corrected chi connectivity index (χ3v) is 13.3. The molecule has 0 aromatic heterocycles. The molecule has 35 heavy (non-hydrogen) atoms. The van der Waals surface area contributed by atoms with Crippen LogP contribution in [0.1, 0.15) is 99.8 Å². The van der Waals surface area contributed by atoms with Crippen LogP contribution in [0.3, 0.4) is 0 Å². The predicted molar refractivity (Wildman–Crippen MR) is 135 cm³/mol. The van der Waals surface area contributed by atoms with E-state index < -0.39 is 35.1 Å². The summed E-state index contributed by atoms with van der Waals surface area (Å²) in [5, 5.41) is 45.1. The standard InChI is InChI=1S/C30H48O5/c1-17-10-13-30(24(33)34)15-14-27(5)18(22(30)29(17,7)35)8-9-20-26(4)12-11-21(32)25(2,3)23(26)19(31)16-28(20,27)6/h8,17,19-23,31-32,35H,9-16H2,1-7H3,(H,33,34)/t17-,19?,20?,21+,22-,23?,26-,27-,28-,29-,30+/m0/s1. The molecule has 0 amide bonds. The number of carboxylic acids is 1. The number of fused-ring (bicyclic) bond motifs is 7. The van der Waals surface area contributed by atoms with Gasteiger partial charge in [-0.15, -0.1) is 0 Å². The van der Waals surface area contributed by atoms with E-state index in [2.05, 4.69) is 47.6 Å². The first-order chi connectivity index (χ1) is 16.0. The number of rotatable bonds is 1. The van der Waals surface area contributed by atoms with Crippen molar-refractivity contribution in [1.29, 1.82) is 0 Å². The van der Waals surface area contributed by atoms with Gasteiger partial charge < -0.3 is 20.4 Å². The molecule has 0 saturated heterocycles. The maximum Gasteiger partial charge on any atom is 0.310 e. The van der Waals surface area contributed by atoms with Crippen LogP contribution >= 0.6 is 0 Å². The molecule has 5 aliphatic carbocycles. The number of aliphatic hydroxyl groups is 3. The van der Waals surface area contributed by atoms with Gasteiger partial charge in [-0.25, -0.2) is 0 Å². The minimum Gasteiger partial charge on any atom is -0.481 e. The molecule has 0 aromatic carbocycles. The molecule has 5 nitrogen and oxygen atoms in total. The second-order valence-electron chi connectivity index (χ2n) is 14.9. The first kappa shape index (κ1) is 25.7. The maximum atomic E-state index is 12.8. The van der Waals surface area contributed by atoms with Crippen LogP contribution in [0.25, 0.3) is 0 Å². The van der Waals surface area contributed by atoms with Crippen molar-refractivity contribution >= 4 is 5.97 Å². The summed E-state index contributed by atoms with van der Waals surface area (Å²) in [5.41, 5.74) is -1.80. The van der Waals surface area contributed by atoms with E-state index in [1.807, 2.05) is 6.92 Å². The van der Waals surface area contributed by atoms with Crippen molar-refractivity contribution in [2.24, 2.45) is 50.7 Å². The van der Waals surface area contributed by atoms with E-state index in [-0.39, 0.29) is 33.5 Å². The van der Waals surface area contributed by atoms with E-state index in [4.69, 9.17) is 0 Å². The van der Waals surface area contributed by atoms with E-state index in [0.717, 1.165) is 37.7 Å². The first-order valence-corrected chi connectivity index (χ1v) is 14.0. The summed E-state index contributed by atoms with van der Waals surface area (Å²) in [5.74, 6) is -0.765. The molecule has 5 aliphatic rings. The highest BCUT2D eigenvalue weighted by atomic mass is 16.4. The van der Waals surface area contributed by atoms with E-state index in [1.54, 1.807) is 0 Å². The van der Waals surface area contributed by atoms with Gasteiger partial charge in [0.25, 0.3) is 0 Å². The summed E-state index contributed by atoms with van der Waals surface area (Å²) in [6.07, 6.45) is 7.27. The SMILES string of the molecule is C[C@H]1CC[C@@]2(C(=O)O)CC[C@@]3(C)C(=CCC4[C@]5(C)CC[C@@H](O)C(C)(C)C5C(O)C[C@@]43C)[C@H]2[C@@]1(C)O. The van der Waals surface area contributed by atoms with Crippen LogP contribution in [-0.4, -0.2) is 44.2 Å². The Bertz CT molecular complexity index is 952. The van der Waals surface area contributed by atoms with Gasteiger partial charge >= 0.3 is 5.97 Å². The Balaban J connectivity index is 1.67. The van der Waals surface area contributed by atoms with Crippen LogP contribution in [0.15, 0.2) is 11.6 Å². The Kier molecular flexibility index (Phi) is 5.40. The predicted octanol–water partition coefficient (Wildman–Crippen LogP) is 5.18. The maximum absolute atomic E-state index is 12.8. The van der Waals surface area contributed by atoms with Crippen molar-refractivity contribution in [3.63, 3.8) is 0 Å². The molecule has 0 spiro atoms. The zero-order chi connectivity index (χ0) is 26.0. The molecule has 0 aromatic rings. The molecule has 0 aliphatic heterocycles. The third-order valence-electron chi connectivity index (χ3n) is 13.3. The lowest BCUT2D eigenvalue weighted by Gasteiger charge is -2.72. The molecule has 4 saturated carbocycles. The fourth-order valence-corrected chi connectivity index (χ4v) is 11.0. The summed E-state index contributed by atoms with van der Waals surface area (Å²) in [6, 6.07) is 0. The third kappa shape index (κ3) is 2.90. The van der Waals surface area contributed by atoms with Gasteiger partial charge in [-0.2, -0.15) is 0 Å². The zero-order valence-corrected chi connectivity index (χ0v) is 22.9. The number of hydrogen-bond donors (Lipinski definition) is 4. The van der Waals surface area contributed by atoms with Crippen molar-refractivity contribution in [2.75, 3.05) is 0 Å². The molecule has 0 radical (unpaired) electrons. The van der Waals surface area contributed by atoms with E-state index in [9.17, 15) is 25.2 Å². The normalized spacial score (nSPS) is 57.1. The fraction of sp³-hybridized carbons (Fsp3) is 0.900. The molecule has 0 bridgehead atoms. The summed E-state index contributed by atoms with van der Waals surface area (Å²) < 4.78 is 0. The number of aliphatic hydroxyl groups excluding tert-OH is 2. The molecule has 5 rings (SSSR count). The quantitative estimate of drug-likeness (QED) is 0.382. The summed E-state index contributed by atoms with van der Waals surface area (Å²) in [4.78, 5) is 12.8. The number of aliphatic carboxylic acids is 1. The van der Waals surface area contributed by atoms with Crippen molar-refractivity contribution in [3.05, 3.63) is 11.6 Å². The fourth-order valence-electron chi connectivity index (χ4n) is 11.0. The van der Waals surface area contributed by atoms with E-state index >= 15 is 0 Å². The zero-order valence-electron chi connectivity index (χ0n) is 22.9. The Hall–Kier alpha value is -0.910. The molecule has 11 atom stereocenters. The Morgan fingerprint density at radius 2 is 1.63 bits per heavy atom. The Morgan fingerprint density at radius 3 is 2.26 bits per heavy atom. The highest BCUT2D eigenvalue weighted by molar-refractivity contribution is 5.77. The second-order valence-corrected chi connectivity index (χ2v) is 14.9. The number of carboxylic acid groups (broad SMARTS) is 1. The molecular formula is C30H48O5. The largest absolute Gasteiger partial charge is 0.481 e. The number of carbonyl (C=O) groups is 1. The van der Waals surface area contributed by atoms with Gasteiger partial charge in [0.1, 0.15) is 0 Å². The summed E-state index contributed by atoms with van der Waals surface area (Å²) in [6.45, 7) is 15.2. The highest BCUT2D eigenvalue weighted by Crippen LogP contribution is 2.76.